The molecule has 0 aromatic heterocycles. The Morgan fingerprint density at radius 3 is 2.23 bits per heavy atom. The van der Waals surface area contributed by atoms with E-state index in [0.29, 0.717) is 18.8 Å². The third kappa shape index (κ3) is 4.96. The number of halogens is 1. The SMILES string of the molecule is O=C(O)C1CCC(NC(=O)N2CCC(Cc3ccc(F)cc3)CC2)CC1. The second kappa shape index (κ2) is 8.52. The van der Waals surface area contributed by atoms with Gasteiger partial charge in [0.25, 0.3) is 0 Å². The van der Waals surface area contributed by atoms with E-state index in [1.54, 1.807) is 0 Å². The summed E-state index contributed by atoms with van der Waals surface area (Å²) in [7, 11) is 0. The Balaban J connectivity index is 1.39. The molecule has 5 nitrogen and oxygen atoms in total. The summed E-state index contributed by atoms with van der Waals surface area (Å²) in [6.07, 6.45) is 5.59. The molecular formula is C20H27FN2O3. The molecule has 1 aromatic rings. The fourth-order valence-corrected chi connectivity index (χ4v) is 4.04. The van der Waals surface area contributed by atoms with Crippen LogP contribution in [0.1, 0.15) is 44.1 Å². The summed E-state index contributed by atoms with van der Waals surface area (Å²) in [5.74, 6) is -0.670. The number of amides is 2. The molecule has 0 radical (unpaired) electrons. The van der Waals surface area contributed by atoms with Crippen molar-refractivity contribution < 1.29 is 19.1 Å². The fraction of sp³-hybridized carbons (Fsp3) is 0.600. The summed E-state index contributed by atoms with van der Waals surface area (Å²) in [5, 5.41) is 12.1. The van der Waals surface area contributed by atoms with Gasteiger partial charge in [0, 0.05) is 19.1 Å². The number of hydrogen-bond acceptors (Lipinski definition) is 2. The molecule has 1 heterocycles. The normalized spacial score (nSPS) is 24.3. The number of urea groups is 1. The first-order chi connectivity index (χ1) is 12.5. The highest BCUT2D eigenvalue weighted by Crippen LogP contribution is 2.25. The Labute approximate surface area is 153 Å². The lowest BCUT2D eigenvalue weighted by atomic mass is 9.86. The molecule has 1 aliphatic carbocycles. The summed E-state index contributed by atoms with van der Waals surface area (Å²) < 4.78 is 13.0. The van der Waals surface area contributed by atoms with Crippen LogP contribution in [-0.2, 0) is 11.2 Å². The Morgan fingerprint density at radius 2 is 1.65 bits per heavy atom. The van der Waals surface area contributed by atoms with Gasteiger partial charge in [0.05, 0.1) is 5.92 Å². The summed E-state index contributed by atoms with van der Waals surface area (Å²) >= 11 is 0. The Kier molecular flexibility index (Phi) is 6.12. The summed E-state index contributed by atoms with van der Waals surface area (Å²) in [5.41, 5.74) is 1.14. The van der Waals surface area contributed by atoms with Crippen molar-refractivity contribution in [2.24, 2.45) is 11.8 Å². The molecule has 0 unspecified atom stereocenters. The molecule has 2 amide bonds. The van der Waals surface area contributed by atoms with Gasteiger partial charge < -0.3 is 15.3 Å². The van der Waals surface area contributed by atoms with Crippen LogP contribution < -0.4 is 5.32 Å². The Morgan fingerprint density at radius 1 is 1.04 bits per heavy atom. The van der Waals surface area contributed by atoms with Crippen molar-refractivity contribution in [1.29, 1.82) is 0 Å². The standard InChI is InChI=1S/C20H27FN2O3/c21-17-5-1-14(2-6-17)13-15-9-11-23(12-10-15)20(26)22-18-7-3-16(4-8-18)19(24)25/h1-2,5-6,15-16,18H,3-4,7-13H2,(H,22,26)(H,24,25). The average Bonchev–Trinajstić information content (AvgIpc) is 2.64. The topological polar surface area (TPSA) is 69.6 Å². The summed E-state index contributed by atoms with van der Waals surface area (Å²) in [6, 6.07) is 6.73. The van der Waals surface area contributed by atoms with E-state index in [1.165, 1.54) is 12.1 Å². The highest BCUT2D eigenvalue weighted by molar-refractivity contribution is 5.74. The molecule has 3 rings (SSSR count). The summed E-state index contributed by atoms with van der Waals surface area (Å²) in [6.45, 7) is 1.48. The van der Waals surface area contributed by atoms with Crippen LogP contribution in [0.5, 0.6) is 0 Å². The van der Waals surface area contributed by atoms with Crippen molar-refractivity contribution >= 4 is 12.0 Å². The second-order valence-electron chi connectivity index (χ2n) is 7.60. The molecule has 6 heteroatoms. The molecule has 2 aliphatic rings. The predicted molar refractivity (Wildman–Crippen MR) is 96.3 cm³/mol. The van der Waals surface area contributed by atoms with Crippen LogP contribution in [0, 0.1) is 17.7 Å². The van der Waals surface area contributed by atoms with Gasteiger partial charge in [0.1, 0.15) is 5.82 Å². The van der Waals surface area contributed by atoms with Crippen molar-refractivity contribution in [3.8, 4) is 0 Å². The maximum atomic E-state index is 13.0. The number of piperidine rings is 1. The van der Waals surface area contributed by atoms with Gasteiger partial charge in [0.15, 0.2) is 0 Å². The monoisotopic (exact) mass is 362 g/mol. The van der Waals surface area contributed by atoms with Gasteiger partial charge in [-0.15, -0.1) is 0 Å². The van der Waals surface area contributed by atoms with Gasteiger partial charge >= 0.3 is 12.0 Å². The van der Waals surface area contributed by atoms with Crippen LogP contribution in [-0.4, -0.2) is 41.1 Å². The summed E-state index contributed by atoms with van der Waals surface area (Å²) in [4.78, 5) is 25.3. The van der Waals surface area contributed by atoms with Crippen LogP contribution in [0.2, 0.25) is 0 Å². The maximum Gasteiger partial charge on any atom is 0.317 e. The lowest BCUT2D eigenvalue weighted by Crippen LogP contribution is -2.49. The average molecular weight is 362 g/mol. The first-order valence-corrected chi connectivity index (χ1v) is 9.54. The zero-order valence-electron chi connectivity index (χ0n) is 15.0. The minimum Gasteiger partial charge on any atom is -0.481 e. The number of benzene rings is 1. The molecule has 142 valence electrons. The zero-order chi connectivity index (χ0) is 18.5. The highest BCUT2D eigenvalue weighted by Gasteiger charge is 2.29. The number of carbonyl (C=O) groups is 2. The Bertz CT molecular complexity index is 618. The van der Waals surface area contributed by atoms with Crippen molar-refractivity contribution in [3.05, 3.63) is 35.6 Å². The molecule has 1 saturated heterocycles. The van der Waals surface area contributed by atoms with Gasteiger partial charge in [-0.25, -0.2) is 9.18 Å². The molecule has 1 aromatic carbocycles. The van der Waals surface area contributed by atoms with E-state index >= 15 is 0 Å². The van der Waals surface area contributed by atoms with Crippen LogP contribution in [0.15, 0.2) is 24.3 Å². The van der Waals surface area contributed by atoms with Crippen molar-refractivity contribution in [1.82, 2.24) is 10.2 Å². The van der Waals surface area contributed by atoms with E-state index in [9.17, 15) is 14.0 Å². The smallest absolute Gasteiger partial charge is 0.317 e. The third-order valence-corrected chi connectivity index (χ3v) is 5.74. The van der Waals surface area contributed by atoms with E-state index < -0.39 is 5.97 Å². The molecule has 26 heavy (non-hydrogen) atoms. The van der Waals surface area contributed by atoms with Gasteiger partial charge in [-0.1, -0.05) is 12.1 Å². The van der Waals surface area contributed by atoms with Crippen molar-refractivity contribution in [2.45, 2.75) is 51.0 Å². The van der Waals surface area contributed by atoms with Gasteiger partial charge in [-0.3, -0.25) is 4.79 Å². The van der Waals surface area contributed by atoms with Crippen LogP contribution >= 0.6 is 0 Å². The predicted octanol–water partition coefficient (Wildman–Crippen LogP) is 3.43. The number of nitrogens with zero attached hydrogens (tertiary/aromatic N) is 1. The van der Waals surface area contributed by atoms with Gasteiger partial charge in [0.2, 0.25) is 0 Å². The van der Waals surface area contributed by atoms with E-state index in [1.807, 2.05) is 17.0 Å². The van der Waals surface area contributed by atoms with E-state index in [2.05, 4.69) is 5.32 Å². The van der Waals surface area contributed by atoms with Gasteiger partial charge in [-0.2, -0.15) is 0 Å². The number of nitrogens with one attached hydrogen (secondary N) is 1. The second-order valence-corrected chi connectivity index (χ2v) is 7.60. The third-order valence-electron chi connectivity index (χ3n) is 5.74. The molecule has 2 N–H and O–H groups in total. The minimum atomic E-state index is -0.724. The lowest BCUT2D eigenvalue weighted by molar-refractivity contribution is -0.142. The quantitative estimate of drug-likeness (QED) is 0.862. The molecule has 1 aliphatic heterocycles. The highest BCUT2D eigenvalue weighted by atomic mass is 19.1. The lowest BCUT2D eigenvalue weighted by Gasteiger charge is -2.34. The van der Waals surface area contributed by atoms with E-state index in [-0.39, 0.29) is 23.8 Å². The first kappa shape index (κ1) is 18.7. The maximum absolute atomic E-state index is 13.0. The number of carbonyl (C=O) groups excluding carboxylic acids is 1. The van der Waals surface area contributed by atoms with Crippen molar-refractivity contribution in [2.75, 3.05) is 13.1 Å². The molecule has 0 atom stereocenters. The number of likely N-dealkylation sites (tertiary alicyclic amines) is 1. The minimum absolute atomic E-state index is 0.0241. The van der Waals surface area contributed by atoms with Crippen LogP contribution in [0.25, 0.3) is 0 Å². The fourth-order valence-electron chi connectivity index (χ4n) is 4.04. The molecule has 0 spiro atoms. The Hall–Kier alpha value is -2.11. The van der Waals surface area contributed by atoms with Crippen LogP contribution in [0.4, 0.5) is 9.18 Å². The number of rotatable bonds is 4. The van der Waals surface area contributed by atoms with Crippen LogP contribution in [0.3, 0.4) is 0 Å². The molecular weight excluding hydrogens is 335 g/mol. The van der Waals surface area contributed by atoms with E-state index in [0.717, 1.165) is 50.8 Å². The first-order valence-electron chi connectivity index (χ1n) is 9.54. The molecule has 0 bridgehead atoms. The zero-order valence-corrected chi connectivity index (χ0v) is 15.0. The number of carboxylic acid groups (broad SMARTS) is 1. The van der Waals surface area contributed by atoms with E-state index in [4.69, 9.17) is 5.11 Å². The number of aliphatic carboxylic acids is 1. The molecule has 1 saturated carbocycles. The van der Waals surface area contributed by atoms with Crippen molar-refractivity contribution in [3.63, 3.8) is 0 Å². The number of carboxylic acids is 1. The largest absolute Gasteiger partial charge is 0.481 e. The van der Waals surface area contributed by atoms with Gasteiger partial charge in [-0.05, 0) is 68.6 Å². The molecule has 2 fully saturated rings. The number of hydrogen-bond donors (Lipinski definition) is 2.